The maximum atomic E-state index is 12.1. The molecular formula is C15H22N2OS. The average molecular weight is 278 g/mol. The third kappa shape index (κ3) is 2.83. The number of nitrogens with zero attached hydrogens (tertiary/aromatic N) is 1. The van der Waals surface area contributed by atoms with Crippen molar-refractivity contribution in [2.45, 2.75) is 51.9 Å². The second kappa shape index (κ2) is 5.23. The minimum atomic E-state index is 0.155. The van der Waals surface area contributed by atoms with Gasteiger partial charge < -0.3 is 5.32 Å². The zero-order chi connectivity index (χ0) is 13.4. The lowest BCUT2D eigenvalue weighted by Gasteiger charge is -2.20. The van der Waals surface area contributed by atoms with Crippen LogP contribution in [0, 0.1) is 17.8 Å². The smallest absolute Gasteiger partial charge is 0.226 e. The number of hydrogen-bond acceptors (Lipinski definition) is 3. The van der Waals surface area contributed by atoms with Gasteiger partial charge in [0.15, 0.2) is 5.13 Å². The molecule has 2 aliphatic carbocycles. The minimum Gasteiger partial charge on any atom is -0.302 e. The van der Waals surface area contributed by atoms with Crippen LogP contribution in [0.4, 0.5) is 5.13 Å². The number of carbonyl (C=O) groups is 1. The Morgan fingerprint density at radius 1 is 1.47 bits per heavy atom. The monoisotopic (exact) mass is 278 g/mol. The molecule has 0 saturated heterocycles. The average Bonchev–Trinajstić information content (AvgIpc) is 3.03. The number of nitrogens with one attached hydrogen (secondary N) is 1. The van der Waals surface area contributed by atoms with Gasteiger partial charge in [0.1, 0.15) is 0 Å². The largest absolute Gasteiger partial charge is 0.302 e. The molecule has 0 radical (unpaired) electrons. The third-order valence-corrected chi connectivity index (χ3v) is 5.47. The van der Waals surface area contributed by atoms with E-state index in [2.05, 4.69) is 24.1 Å². The summed E-state index contributed by atoms with van der Waals surface area (Å²) in [6, 6.07) is 0. The molecule has 104 valence electrons. The molecule has 2 aliphatic rings. The molecule has 1 aromatic heterocycles. The molecule has 2 bridgehead atoms. The first-order chi connectivity index (χ1) is 9.11. The topological polar surface area (TPSA) is 42.0 Å². The number of carbonyl (C=O) groups excluding carboxylic acids is 1. The predicted molar refractivity (Wildman–Crippen MR) is 78.4 cm³/mol. The molecule has 2 saturated carbocycles. The van der Waals surface area contributed by atoms with Crippen molar-refractivity contribution in [2.24, 2.45) is 17.8 Å². The molecular weight excluding hydrogens is 256 g/mol. The van der Waals surface area contributed by atoms with E-state index < -0.39 is 0 Å². The van der Waals surface area contributed by atoms with Gasteiger partial charge in [-0.05, 0) is 42.9 Å². The summed E-state index contributed by atoms with van der Waals surface area (Å²) in [7, 11) is 0. The normalized spacial score (nSPS) is 29.1. The van der Waals surface area contributed by atoms with Crippen LogP contribution in [0.5, 0.6) is 0 Å². The standard InChI is InChI=1S/C15H22N2OS/c1-9(2)13-8-19-15(16-13)17-14(18)7-12-6-10-3-4-11(12)5-10/h8-12H,3-7H2,1-2H3,(H,16,17,18)/t10-,11-,12+/m0/s1. The van der Waals surface area contributed by atoms with E-state index in [1.54, 1.807) is 0 Å². The molecule has 1 amide bonds. The second-order valence-electron chi connectivity index (χ2n) is 6.42. The molecule has 0 aromatic carbocycles. The van der Waals surface area contributed by atoms with Gasteiger partial charge in [0.25, 0.3) is 0 Å². The van der Waals surface area contributed by atoms with Crippen molar-refractivity contribution in [1.29, 1.82) is 0 Å². The molecule has 0 aliphatic heterocycles. The second-order valence-corrected chi connectivity index (χ2v) is 7.28. The van der Waals surface area contributed by atoms with Crippen molar-refractivity contribution in [3.05, 3.63) is 11.1 Å². The molecule has 19 heavy (non-hydrogen) atoms. The van der Waals surface area contributed by atoms with Crippen molar-refractivity contribution < 1.29 is 4.79 Å². The Labute approximate surface area is 118 Å². The van der Waals surface area contributed by atoms with Crippen LogP contribution < -0.4 is 5.32 Å². The summed E-state index contributed by atoms with van der Waals surface area (Å²) in [6.07, 6.45) is 6.07. The van der Waals surface area contributed by atoms with E-state index in [1.807, 2.05) is 5.38 Å². The maximum Gasteiger partial charge on any atom is 0.226 e. The SMILES string of the molecule is CC(C)c1csc(NC(=O)C[C@H]2C[C@H]3CC[C@H]2C3)n1. The zero-order valence-corrected chi connectivity index (χ0v) is 12.5. The molecule has 1 aromatic rings. The number of anilines is 1. The fourth-order valence-corrected chi connectivity index (χ4v) is 4.53. The molecule has 3 rings (SSSR count). The molecule has 2 fully saturated rings. The summed E-state index contributed by atoms with van der Waals surface area (Å²) in [6.45, 7) is 4.24. The molecule has 0 unspecified atom stereocenters. The highest BCUT2D eigenvalue weighted by molar-refractivity contribution is 7.13. The van der Waals surface area contributed by atoms with Crippen LogP contribution >= 0.6 is 11.3 Å². The summed E-state index contributed by atoms with van der Waals surface area (Å²) in [5.41, 5.74) is 1.07. The van der Waals surface area contributed by atoms with Gasteiger partial charge in [-0.25, -0.2) is 4.98 Å². The first-order valence-electron chi connectivity index (χ1n) is 7.37. The zero-order valence-electron chi connectivity index (χ0n) is 11.7. The van der Waals surface area contributed by atoms with Crippen LogP contribution in [0.2, 0.25) is 0 Å². The van der Waals surface area contributed by atoms with Crippen LogP contribution in [-0.2, 0) is 4.79 Å². The first-order valence-corrected chi connectivity index (χ1v) is 8.25. The molecule has 0 spiro atoms. The van der Waals surface area contributed by atoms with Gasteiger partial charge in [0, 0.05) is 11.8 Å². The van der Waals surface area contributed by atoms with E-state index in [0.717, 1.165) is 22.7 Å². The summed E-state index contributed by atoms with van der Waals surface area (Å²) >= 11 is 1.54. The van der Waals surface area contributed by atoms with Crippen molar-refractivity contribution in [2.75, 3.05) is 5.32 Å². The summed E-state index contributed by atoms with van der Waals surface area (Å²) in [5, 5.41) is 5.77. The number of amides is 1. The molecule has 4 heteroatoms. The summed E-state index contributed by atoms with van der Waals surface area (Å²) < 4.78 is 0. The minimum absolute atomic E-state index is 0.155. The van der Waals surface area contributed by atoms with Gasteiger partial charge in [-0.2, -0.15) is 0 Å². The van der Waals surface area contributed by atoms with Crippen LogP contribution in [0.1, 0.15) is 57.6 Å². The number of hydrogen-bond donors (Lipinski definition) is 1. The highest BCUT2D eigenvalue weighted by atomic mass is 32.1. The van der Waals surface area contributed by atoms with Crippen molar-refractivity contribution in [3.63, 3.8) is 0 Å². The van der Waals surface area contributed by atoms with E-state index in [4.69, 9.17) is 0 Å². The predicted octanol–water partition coefficient (Wildman–Crippen LogP) is 4.03. The summed E-state index contributed by atoms with van der Waals surface area (Å²) in [5.74, 6) is 2.94. The molecule has 1 heterocycles. The number of thiazole rings is 1. The molecule has 3 nitrogen and oxygen atoms in total. The number of aromatic nitrogens is 1. The lowest BCUT2D eigenvalue weighted by atomic mass is 9.86. The van der Waals surface area contributed by atoms with Gasteiger partial charge in [-0.3, -0.25) is 4.79 Å². The van der Waals surface area contributed by atoms with E-state index >= 15 is 0 Å². The Hall–Kier alpha value is -0.900. The van der Waals surface area contributed by atoms with Crippen molar-refractivity contribution in [1.82, 2.24) is 4.98 Å². The van der Waals surface area contributed by atoms with Gasteiger partial charge in [0.2, 0.25) is 5.91 Å². The summed E-state index contributed by atoms with van der Waals surface area (Å²) in [4.78, 5) is 16.5. The van der Waals surface area contributed by atoms with E-state index in [-0.39, 0.29) is 5.91 Å². The Morgan fingerprint density at radius 2 is 2.32 bits per heavy atom. The maximum absolute atomic E-state index is 12.1. The fourth-order valence-electron chi connectivity index (χ4n) is 3.64. The van der Waals surface area contributed by atoms with Crippen LogP contribution in [0.3, 0.4) is 0 Å². The van der Waals surface area contributed by atoms with Gasteiger partial charge in [-0.15, -0.1) is 11.3 Å². The van der Waals surface area contributed by atoms with Crippen molar-refractivity contribution >= 4 is 22.4 Å². The van der Waals surface area contributed by atoms with E-state index in [1.165, 1.54) is 37.0 Å². The van der Waals surface area contributed by atoms with Crippen LogP contribution in [0.25, 0.3) is 0 Å². The first kappa shape index (κ1) is 13.1. The van der Waals surface area contributed by atoms with E-state index in [0.29, 0.717) is 18.3 Å². The third-order valence-electron chi connectivity index (χ3n) is 4.69. The lowest BCUT2D eigenvalue weighted by molar-refractivity contribution is -0.117. The lowest BCUT2D eigenvalue weighted by Crippen LogP contribution is -2.20. The van der Waals surface area contributed by atoms with Crippen LogP contribution in [0.15, 0.2) is 5.38 Å². The van der Waals surface area contributed by atoms with E-state index in [9.17, 15) is 4.79 Å². The quantitative estimate of drug-likeness (QED) is 0.903. The number of rotatable bonds is 4. The Kier molecular flexibility index (Phi) is 3.61. The fraction of sp³-hybridized carbons (Fsp3) is 0.733. The Morgan fingerprint density at radius 3 is 2.89 bits per heavy atom. The molecule has 3 atom stereocenters. The van der Waals surface area contributed by atoms with Crippen LogP contribution in [-0.4, -0.2) is 10.9 Å². The number of fused-ring (bicyclic) bond motifs is 2. The Bertz CT molecular complexity index is 468. The Balaban J connectivity index is 1.53. The highest BCUT2D eigenvalue weighted by Gasteiger charge is 2.40. The van der Waals surface area contributed by atoms with Gasteiger partial charge in [0.05, 0.1) is 5.69 Å². The van der Waals surface area contributed by atoms with Gasteiger partial charge in [-0.1, -0.05) is 20.3 Å². The van der Waals surface area contributed by atoms with Gasteiger partial charge >= 0.3 is 0 Å². The molecule has 1 N–H and O–H groups in total. The highest BCUT2D eigenvalue weighted by Crippen LogP contribution is 2.49. The van der Waals surface area contributed by atoms with Crippen molar-refractivity contribution in [3.8, 4) is 0 Å².